The maximum atomic E-state index is 14.1. The van der Waals surface area contributed by atoms with Gasteiger partial charge in [-0.05, 0) is 59.5 Å². The number of hydrogen-bond acceptors (Lipinski definition) is 2. The number of aromatic nitrogens is 1. The van der Waals surface area contributed by atoms with Crippen molar-refractivity contribution in [3.05, 3.63) is 108 Å². The number of furan rings is 1. The zero-order valence-electron chi connectivity index (χ0n) is 30.7. The van der Waals surface area contributed by atoms with Crippen LogP contribution in [0.15, 0.2) is 102 Å². The predicted molar refractivity (Wildman–Crippen MR) is 201 cm³/mol. The molecule has 0 atom stereocenters. The first kappa shape index (κ1) is 37.9. The molecule has 0 aliphatic rings. The topological polar surface area (TPSA) is 40.8 Å². The molecule has 6 aromatic rings. The first-order chi connectivity index (χ1) is 24.7. The van der Waals surface area contributed by atoms with E-state index in [9.17, 15) is 31.6 Å². The highest BCUT2D eigenvalue weighted by Gasteiger charge is 2.56. The Labute approximate surface area is 306 Å². The highest BCUT2D eigenvalue weighted by atomic mass is 28.3. The second kappa shape index (κ2) is 13.2. The number of halogens is 6. The van der Waals surface area contributed by atoms with Crippen LogP contribution in [0.5, 0.6) is 0 Å². The van der Waals surface area contributed by atoms with Gasteiger partial charge in [-0.15, -0.1) is 0 Å². The lowest BCUT2D eigenvalue weighted by Gasteiger charge is -2.42. The van der Waals surface area contributed by atoms with Crippen LogP contribution in [0.3, 0.4) is 0 Å². The third-order valence-electron chi connectivity index (χ3n) is 10.7. The highest BCUT2D eigenvalue weighted by molar-refractivity contribution is 6.91. The number of rotatable bonds is 8. The lowest BCUT2D eigenvalue weighted by Crippen LogP contribution is -2.54. The van der Waals surface area contributed by atoms with Crippen LogP contribution in [-0.2, 0) is 7.05 Å². The molecule has 0 amide bonds. The highest BCUT2D eigenvalue weighted by Crippen LogP contribution is 2.50. The van der Waals surface area contributed by atoms with Gasteiger partial charge in [-0.1, -0.05) is 100 Å². The minimum absolute atomic E-state index is 0.379. The van der Waals surface area contributed by atoms with Gasteiger partial charge in [0.1, 0.15) is 18.2 Å². The smallest absolute Gasteiger partial charge is 0.393 e. The second-order valence-corrected chi connectivity index (χ2v) is 20.1. The molecule has 0 radical (unpaired) electrons. The average Bonchev–Trinajstić information content (AvgIpc) is 3.45. The second-order valence-electron chi connectivity index (χ2n) is 15.7. The summed E-state index contributed by atoms with van der Waals surface area (Å²) in [6.07, 6.45) is -7.15. The van der Waals surface area contributed by atoms with Crippen LogP contribution in [0.1, 0.15) is 38.8 Å². The van der Waals surface area contributed by atoms with Crippen LogP contribution < -0.4 is 9.75 Å². The summed E-state index contributed by atoms with van der Waals surface area (Å²) in [5.41, 5.74) is 3.44. The summed E-state index contributed by atoms with van der Waals surface area (Å²) in [7, 11) is -1.38. The van der Waals surface area contributed by atoms with Crippen LogP contribution in [-0.4, -0.2) is 20.4 Å². The minimum Gasteiger partial charge on any atom is -0.454 e. The molecule has 4 aromatic carbocycles. The predicted octanol–water partition coefficient (Wildman–Crippen LogP) is 12.1. The zero-order valence-corrected chi connectivity index (χ0v) is 31.7. The molecule has 0 spiro atoms. The molecule has 10 heteroatoms. The summed E-state index contributed by atoms with van der Waals surface area (Å²) in [6.45, 7) is 7.96. The molecule has 0 aliphatic carbocycles. The van der Waals surface area contributed by atoms with Crippen LogP contribution in [0.25, 0.3) is 55.4 Å². The number of hydrogen-bond donors (Lipinski definition) is 0. The Bertz CT molecular complexity index is 2340. The van der Waals surface area contributed by atoms with Crippen molar-refractivity contribution in [3.8, 4) is 39.6 Å². The summed E-state index contributed by atoms with van der Waals surface area (Å²) in [4.78, 5) is 0. The minimum atomic E-state index is -4.56. The SMILES string of the molecule is Cc1ccc2c(oc3c(-c4ccc(-c5ccc([Si](C)(CC(C)(C)C(F)(F)F)CC(C)(C)C(F)(F)F)cc5)cc4)c(C#N)ccc32)c1-c1cccc[n+]1C. The maximum absolute atomic E-state index is 14.1. The van der Waals surface area contributed by atoms with Crippen molar-refractivity contribution in [2.24, 2.45) is 17.9 Å². The van der Waals surface area contributed by atoms with Gasteiger partial charge in [-0.25, -0.2) is 4.57 Å². The Hall–Kier alpha value is -4.88. The van der Waals surface area contributed by atoms with Gasteiger partial charge in [-0.3, -0.25) is 0 Å². The number of fused-ring (bicyclic) bond motifs is 3. The van der Waals surface area contributed by atoms with Crippen molar-refractivity contribution in [1.29, 1.82) is 5.26 Å². The molecular formula is C43H41F6N2OSi+. The third kappa shape index (κ3) is 6.87. The van der Waals surface area contributed by atoms with E-state index in [1.165, 1.54) is 0 Å². The Balaban J connectivity index is 1.39. The van der Waals surface area contributed by atoms with Crippen LogP contribution in [0.2, 0.25) is 18.6 Å². The Morgan fingerprint density at radius 3 is 1.66 bits per heavy atom. The molecule has 53 heavy (non-hydrogen) atoms. The fourth-order valence-corrected chi connectivity index (χ4v) is 13.6. The van der Waals surface area contributed by atoms with E-state index < -0.39 is 31.3 Å². The van der Waals surface area contributed by atoms with E-state index in [4.69, 9.17) is 4.42 Å². The van der Waals surface area contributed by atoms with Crippen molar-refractivity contribution in [2.75, 3.05) is 0 Å². The standard InChI is InChI=1S/C43H41F6N2OSi/c1-27-11-21-33-34-22-18-31(24-50)37(39(34)52-38(33)36(27)35-10-8-9-23-51(35)6)30-14-12-28(13-15-30)29-16-19-32(20-17-29)53(7,25-40(2,3)42(44,45)46)26-41(4,5)43(47,48)49/h8-23H,25-26H2,1-7H3/q+1. The van der Waals surface area contributed by atoms with E-state index in [0.717, 1.165) is 77.6 Å². The quantitative estimate of drug-likeness (QED) is 0.0885. The van der Waals surface area contributed by atoms with Crippen LogP contribution >= 0.6 is 0 Å². The number of alkyl halides is 6. The molecule has 3 nitrogen and oxygen atoms in total. The molecule has 0 fully saturated rings. The summed E-state index contributed by atoms with van der Waals surface area (Å²) < 4.78 is 93.1. The van der Waals surface area contributed by atoms with Crippen LogP contribution in [0, 0.1) is 29.1 Å². The van der Waals surface area contributed by atoms with Crippen molar-refractivity contribution in [2.45, 2.75) is 65.6 Å². The number of pyridine rings is 1. The molecule has 2 aromatic heterocycles. The van der Waals surface area contributed by atoms with E-state index in [1.807, 2.05) is 79.3 Å². The van der Waals surface area contributed by atoms with E-state index in [2.05, 4.69) is 12.1 Å². The summed E-state index contributed by atoms with van der Waals surface area (Å²) in [5.74, 6) is 0. The van der Waals surface area contributed by atoms with E-state index in [0.29, 0.717) is 21.9 Å². The zero-order chi connectivity index (χ0) is 38.7. The number of aryl methyl sites for hydroxylation is 2. The van der Waals surface area contributed by atoms with Crippen molar-refractivity contribution in [3.63, 3.8) is 0 Å². The summed E-state index contributed by atoms with van der Waals surface area (Å²) >= 11 is 0. The monoisotopic (exact) mass is 743 g/mol. The molecule has 0 bridgehead atoms. The van der Waals surface area contributed by atoms with Gasteiger partial charge < -0.3 is 4.42 Å². The van der Waals surface area contributed by atoms with E-state index in [-0.39, 0.29) is 12.1 Å². The first-order valence-corrected chi connectivity index (χ1v) is 20.3. The Kier molecular flexibility index (Phi) is 9.43. The van der Waals surface area contributed by atoms with Gasteiger partial charge in [0.2, 0.25) is 5.69 Å². The van der Waals surface area contributed by atoms with E-state index in [1.54, 1.807) is 36.9 Å². The van der Waals surface area contributed by atoms with Gasteiger partial charge in [0, 0.05) is 28.5 Å². The molecule has 0 N–H and O–H groups in total. The van der Waals surface area contributed by atoms with Crippen molar-refractivity contribution in [1.82, 2.24) is 0 Å². The third-order valence-corrected chi connectivity index (χ3v) is 15.8. The van der Waals surface area contributed by atoms with Gasteiger partial charge in [0.05, 0.1) is 36.1 Å². The largest absolute Gasteiger partial charge is 0.454 e. The molecule has 6 rings (SSSR count). The number of benzene rings is 4. The number of nitrogens with zero attached hydrogens (tertiary/aromatic N) is 2. The molecule has 0 aliphatic heterocycles. The summed E-state index contributed by atoms with van der Waals surface area (Å²) in [6, 6.07) is 29.8. The average molecular weight is 744 g/mol. The van der Waals surface area contributed by atoms with Crippen LogP contribution in [0.4, 0.5) is 26.3 Å². The molecule has 0 saturated heterocycles. The Morgan fingerprint density at radius 2 is 1.15 bits per heavy atom. The van der Waals surface area contributed by atoms with Crippen molar-refractivity contribution < 1.29 is 35.3 Å². The van der Waals surface area contributed by atoms with Gasteiger partial charge in [0.15, 0.2) is 6.20 Å². The fraction of sp³-hybridized carbons (Fsp3) is 0.302. The van der Waals surface area contributed by atoms with E-state index >= 15 is 0 Å². The van der Waals surface area contributed by atoms with Gasteiger partial charge in [-0.2, -0.15) is 31.6 Å². The molecule has 2 heterocycles. The fourth-order valence-electron chi connectivity index (χ4n) is 7.80. The Morgan fingerprint density at radius 1 is 0.660 bits per heavy atom. The lowest BCUT2D eigenvalue weighted by atomic mass is 9.95. The molecule has 0 unspecified atom stereocenters. The van der Waals surface area contributed by atoms with Crippen molar-refractivity contribution >= 4 is 35.2 Å². The lowest BCUT2D eigenvalue weighted by molar-refractivity contribution is -0.660. The first-order valence-electron chi connectivity index (χ1n) is 17.4. The van der Waals surface area contributed by atoms with Gasteiger partial charge >= 0.3 is 12.4 Å². The molecule has 0 saturated carbocycles. The normalized spacial score (nSPS) is 13.1. The van der Waals surface area contributed by atoms with Gasteiger partial charge in [0.25, 0.3) is 0 Å². The maximum Gasteiger partial charge on any atom is 0.393 e. The number of nitriles is 1. The molecular weight excluding hydrogens is 703 g/mol. The molecule has 274 valence electrons. The summed E-state index contributed by atoms with van der Waals surface area (Å²) in [5, 5.41) is 12.5.